The number of fused-ring (bicyclic) bond motifs is 1. The average molecular weight is 335 g/mol. The lowest BCUT2D eigenvalue weighted by molar-refractivity contribution is 0.835. The molecule has 0 fully saturated rings. The first-order valence-electron chi connectivity index (χ1n) is 8.27. The summed E-state index contributed by atoms with van der Waals surface area (Å²) in [5.74, 6) is 0.770. The molecule has 0 atom stereocenters. The van der Waals surface area contributed by atoms with E-state index in [4.69, 9.17) is 5.41 Å². The third kappa shape index (κ3) is 4.47. The highest BCUT2D eigenvalue weighted by atomic mass is 15.1. The number of hydrogen-bond acceptors (Lipinski definition) is 4. The normalized spacial score (nSPS) is 13.0. The molecule has 0 saturated carbocycles. The van der Waals surface area contributed by atoms with Crippen LogP contribution in [0.5, 0.6) is 0 Å². The zero-order valence-corrected chi connectivity index (χ0v) is 15.0. The molecule has 130 valence electrons. The lowest BCUT2D eigenvalue weighted by Gasteiger charge is -2.16. The second kappa shape index (κ2) is 8.68. The van der Waals surface area contributed by atoms with Gasteiger partial charge in [0.15, 0.2) is 0 Å². The van der Waals surface area contributed by atoms with Crippen LogP contribution in [0.2, 0.25) is 0 Å². The van der Waals surface area contributed by atoms with E-state index in [1.165, 1.54) is 0 Å². The van der Waals surface area contributed by atoms with E-state index in [-0.39, 0.29) is 0 Å². The van der Waals surface area contributed by atoms with E-state index in [9.17, 15) is 0 Å². The van der Waals surface area contributed by atoms with Crippen molar-refractivity contribution >= 4 is 11.4 Å². The van der Waals surface area contributed by atoms with Gasteiger partial charge in [0.25, 0.3) is 0 Å². The Hall–Kier alpha value is -3.08. The van der Waals surface area contributed by atoms with Gasteiger partial charge in [-0.15, -0.1) is 0 Å². The van der Waals surface area contributed by atoms with Gasteiger partial charge in [-0.2, -0.15) is 0 Å². The maximum absolute atomic E-state index is 8.54. The van der Waals surface area contributed by atoms with E-state index >= 15 is 0 Å². The van der Waals surface area contributed by atoms with Crippen molar-refractivity contribution in [2.75, 3.05) is 7.05 Å². The number of aromatic nitrogens is 2. The van der Waals surface area contributed by atoms with Gasteiger partial charge in [0.2, 0.25) is 0 Å². The standard InChI is InChI=1S/C20H25N5/c1-5-7-8-9-17(6-2)24-20(22-4)15(3)19(21)16-10-11-18-23-12-13-25(18)14-16/h6-14,21-22,24H,2,5H2,1,3-4H3/b8-7-,17-9+,20-15-,21-19?. The van der Waals surface area contributed by atoms with Crippen LogP contribution in [0.3, 0.4) is 0 Å². The van der Waals surface area contributed by atoms with Crippen LogP contribution < -0.4 is 10.6 Å². The van der Waals surface area contributed by atoms with Crippen molar-refractivity contribution in [1.82, 2.24) is 20.0 Å². The van der Waals surface area contributed by atoms with Crippen LogP contribution in [0, 0.1) is 5.41 Å². The second-order valence-electron chi connectivity index (χ2n) is 5.52. The Morgan fingerprint density at radius 1 is 1.40 bits per heavy atom. The molecule has 25 heavy (non-hydrogen) atoms. The molecule has 0 bridgehead atoms. The molecule has 0 amide bonds. The van der Waals surface area contributed by atoms with Crippen molar-refractivity contribution in [1.29, 1.82) is 5.41 Å². The smallest absolute Gasteiger partial charge is 0.136 e. The summed E-state index contributed by atoms with van der Waals surface area (Å²) in [5.41, 5.74) is 3.82. The van der Waals surface area contributed by atoms with Crippen LogP contribution in [0.15, 0.2) is 78.7 Å². The van der Waals surface area contributed by atoms with Gasteiger partial charge in [-0.3, -0.25) is 5.41 Å². The first kappa shape index (κ1) is 18.3. The largest absolute Gasteiger partial charge is 0.374 e. The second-order valence-corrected chi connectivity index (χ2v) is 5.52. The highest BCUT2D eigenvalue weighted by Crippen LogP contribution is 2.12. The Morgan fingerprint density at radius 3 is 2.88 bits per heavy atom. The number of allylic oxidation sites excluding steroid dienone is 5. The number of pyridine rings is 1. The minimum absolute atomic E-state index is 0.444. The number of rotatable bonds is 8. The molecular weight excluding hydrogens is 310 g/mol. The first-order chi connectivity index (χ1) is 12.1. The van der Waals surface area contributed by atoms with Gasteiger partial charge in [0.1, 0.15) is 11.5 Å². The molecular formula is C20H25N5. The molecule has 2 aromatic rings. The van der Waals surface area contributed by atoms with Crippen LogP contribution in [-0.2, 0) is 0 Å². The van der Waals surface area contributed by atoms with Crippen molar-refractivity contribution in [3.63, 3.8) is 0 Å². The summed E-state index contributed by atoms with van der Waals surface area (Å²) in [5, 5.41) is 15.0. The van der Waals surface area contributed by atoms with Gasteiger partial charge < -0.3 is 15.0 Å². The molecule has 5 nitrogen and oxygen atoms in total. The van der Waals surface area contributed by atoms with Gasteiger partial charge >= 0.3 is 0 Å². The minimum Gasteiger partial charge on any atom is -0.374 e. The molecule has 2 rings (SSSR count). The summed E-state index contributed by atoms with van der Waals surface area (Å²) in [6.45, 7) is 7.85. The summed E-state index contributed by atoms with van der Waals surface area (Å²) in [6, 6.07) is 3.82. The molecule has 0 spiro atoms. The highest BCUT2D eigenvalue weighted by molar-refractivity contribution is 6.10. The molecule has 0 aliphatic carbocycles. The van der Waals surface area contributed by atoms with Gasteiger partial charge in [0, 0.05) is 42.5 Å². The molecule has 0 saturated heterocycles. The summed E-state index contributed by atoms with van der Waals surface area (Å²) < 4.78 is 1.91. The predicted molar refractivity (Wildman–Crippen MR) is 105 cm³/mol. The van der Waals surface area contributed by atoms with Gasteiger partial charge in [0.05, 0.1) is 5.71 Å². The zero-order valence-electron chi connectivity index (χ0n) is 15.0. The Labute approximate surface area is 149 Å². The molecule has 0 aliphatic heterocycles. The summed E-state index contributed by atoms with van der Waals surface area (Å²) in [4.78, 5) is 4.23. The van der Waals surface area contributed by atoms with E-state index in [0.717, 1.165) is 34.7 Å². The van der Waals surface area contributed by atoms with Crippen LogP contribution >= 0.6 is 0 Å². The highest BCUT2D eigenvalue weighted by Gasteiger charge is 2.10. The molecule has 0 unspecified atom stereocenters. The van der Waals surface area contributed by atoms with Crippen LogP contribution in [0.4, 0.5) is 0 Å². The molecule has 3 N–H and O–H groups in total. The molecule has 0 radical (unpaired) electrons. The molecule has 5 heteroatoms. The van der Waals surface area contributed by atoms with E-state index < -0.39 is 0 Å². The van der Waals surface area contributed by atoms with Gasteiger partial charge in [-0.05, 0) is 37.6 Å². The van der Waals surface area contributed by atoms with Crippen LogP contribution in [0.1, 0.15) is 25.8 Å². The third-order valence-corrected chi connectivity index (χ3v) is 3.81. The SMILES string of the molecule is C=C/C(=C\C=C/CC)N/C(NC)=C(/C)C(=N)c1ccc2nccn2c1. The van der Waals surface area contributed by atoms with Crippen molar-refractivity contribution in [3.8, 4) is 0 Å². The van der Waals surface area contributed by atoms with E-state index in [1.54, 1.807) is 12.3 Å². The van der Waals surface area contributed by atoms with Crippen LogP contribution in [-0.4, -0.2) is 22.1 Å². The molecule has 2 aromatic heterocycles. The van der Waals surface area contributed by atoms with Crippen molar-refractivity contribution in [2.45, 2.75) is 20.3 Å². The Bertz CT molecular complexity index is 852. The molecule has 2 heterocycles. The third-order valence-electron chi connectivity index (χ3n) is 3.81. The molecule has 0 aromatic carbocycles. The number of hydrogen-bond donors (Lipinski definition) is 3. The fourth-order valence-corrected chi connectivity index (χ4v) is 2.37. The van der Waals surface area contributed by atoms with Crippen molar-refractivity contribution < 1.29 is 0 Å². The number of imidazole rings is 1. The monoisotopic (exact) mass is 335 g/mol. The lowest BCUT2D eigenvalue weighted by Crippen LogP contribution is -2.26. The summed E-state index contributed by atoms with van der Waals surface area (Å²) >= 11 is 0. The predicted octanol–water partition coefficient (Wildman–Crippen LogP) is 3.78. The van der Waals surface area contributed by atoms with E-state index in [0.29, 0.717) is 5.71 Å². The quantitative estimate of drug-likeness (QED) is 0.508. The summed E-state index contributed by atoms with van der Waals surface area (Å²) in [6.07, 6.45) is 14.3. The lowest BCUT2D eigenvalue weighted by atomic mass is 10.1. The van der Waals surface area contributed by atoms with E-state index in [2.05, 4.69) is 35.2 Å². The summed E-state index contributed by atoms with van der Waals surface area (Å²) in [7, 11) is 1.83. The zero-order chi connectivity index (χ0) is 18.2. The average Bonchev–Trinajstić information content (AvgIpc) is 3.11. The van der Waals surface area contributed by atoms with E-state index in [1.807, 2.05) is 55.1 Å². The van der Waals surface area contributed by atoms with Crippen molar-refractivity contribution in [3.05, 3.63) is 84.3 Å². The number of nitrogens with zero attached hydrogens (tertiary/aromatic N) is 2. The maximum atomic E-state index is 8.54. The fourth-order valence-electron chi connectivity index (χ4n) is 2.37. The number of nitrogens with one attached hydrogen (secondary N) is 3. The minimum atomic E-state index is 0.444. The van der Waals surface area contributed by atoms with Crippen molar-refractivity contribution in [2.24, 2.45) is 0 Å². The maximum Gasteiger partial charge on any atom is 0.136 e. The first-order valence-corrected chi connectivity index (χ1v) is 8.27. The fraction of sp³-hybridized carbons (Fsp3) is 0.200. The van der Waals surface area contributed by atoms with Gasteiger partial charge in [-0.1, -0.05) is 25.7 Å². The Kier molecular flexibility index (Phi) is 6.34. The topological polar surface area (TPSA) is 65.2 Å². The van der Waals surface area contributed by atoms with Gasteiger partial charge in [-0.25, -0.2) is 4.98 Å². The Balaban J connectivity index is 2.29. The Morgan fingerprint density at radius 2 is 2.20 bits per heavy atom. The molecule has 0 aliphatic rings. The van der Waals surface area contributed by atoms with Crippen LogP contribution in [0.25, 0.3) is 5.65 Å².